The molecule has 0 aliphatic carbocycles. The van der Waals surface area contributed by atoms with E-state index in [0.717, 1.165) is 17.6 Å². The number of imidazole rings is 1. The summed E-state index contributed by atoms with van der Waals surface area (Å²) >= 11 is 6.09. The van der Waals surface area contributed by atoms with Crippen LogP contribution in [0.5, 0.6) is 11.5 Å². The van der Waals surface area contributed by atoms with Gasteiger partial charge in [-0.25, -0.2) is 4.98 Å². The lowest BCUT2D eigenvalue weighted by Gasteiger charge is -2.12. The van der Waals surface area contributed by atoms with E-state index in [-0.39, 0.29) is 17.1 Å². The van der Waals surface area contributed by atoms with Crippen molar-refractivity contribution in [3.63, 3.8) is 0 Å². The largest absolute Gasteiger partial charge is 0.457 e. The highest BCUT2D eigenvalue weighted by Gasteiger charge is 2.31. The van der Waals surface area contributed by atoms with Crippen LogP contribution in [0.25, 0.3) is 11.0 Å². The monoisotopic (exact) mass is 475 g/mol. The zero-order valence-electron chi connectivity index (χ0n) is 17.2. The van der Waals surface area contributed by atoms with Crippen molar-refractivity contribution in [3.8, 4) is 11.5 Å². The Hall–Kier alpha value is -3.79. The van der Waals surface area contributed by atoms with E-state index < -0.39 is 17.6 Å². The van der Waals surface area contributed by atoms with Crippen molar-refractivity contribution in [1.29, 1.82) is 0 Å². The molecule has 7 nitrogen and oxygen atoms in total. The van der Waals surface area contributed by atoms with Crippen LogP contribution in [0.4, 0.5) is 24.8 Å². The molecule has 2 aromatic carbocycles. The van der Waals surface area contributed by atoms with Gasteiger partial charge in [0.25, 0.3) is 0 Å². The molecule has 1 amide bonds. The predicted octanol–water partition coefficient (Wildman–Crippen LogP) is 5.20. The van der Waals surface area contributed by atoms with Crippen LogP contribution in [0.3, 0.4) is 0 Å². The number of benzene rings is 2. The number of nitrogens with zero attached hydrogens (tertiary/aromatic N) is 3. The molecule has 0 unspecified atom stereocenters. The van der Waals surface area contributed by atoms with Gasteiger partial charge in [0, 0.05) is 25.4 Å². The number of ether oxygens (including phenoxy) is 1. The molecule has 11 heteroatoms. The highest BCUT2D eigenvalue weighted by atomic mass is 35.5. The normalized spacial score (nSPS) is 11.5. The number of halogens is 4. The lowest BCUT2D eigenvalue weighted by Crippen LogP contribution is -2.14. The first-order valence-corrected chi connectivity index (χ1v) is 9.99. The number of nitrogens with two attached hydrogens (primary N) is 1. The van der Waals surface area contributed by atoms with E-state index in [4.69, 9.17) is 22.1 Å². The number of fused-ring (bicyclic) bond motifs is 1. The summed E-state index contributed by atoms with van der Waals surface area (Å²) in [5, 5.41) is 2.99. The first kappa shape index (κ1) is 22.4. The molecule has 2 heterocycles. The van der Waals surface area contributed by atoms with Crippen molar-refractivity contribution < 1.29 is 22.7 Å². The Labute approximate surface area is 191 Å². The van der Waals surface area contributed by atoms with Crippen molar-refractivity contribution in [1.82, 2.24) is 14.5 Å². The molecule has 0 spiro atoms. The summed E-state index contributed by atoms with van der Waals surface area (Å²) in [6.07, 6.45) is -3.00. The number of carbonyl (C=O) groups excluding carboxylic acids is 1. The maximum Gasteiger partial charge on any atom is 0.416 e. The average Bonchev–Trinajstić information content (AvgIpc) is 3.03. The smallest absolute Gasteiger partial charge is 0.416 e. The molecule has 0 radical (unpaired) electrons. The maximum atomic E-state index is 13.1. The van der Waals surface area contributed by atoms with Gasteiger partial charge in [0.15, 0.2) is 0 Å². The number of primary amides is 1. The molecular weight excluding hydrogens is 459 g/mol. The predicted molar refractivity (Wildman–Crippen MR) is 118 cm³/mol. The molecular formula is C22H17ClF3N5O2. The summed E-state index contributed by atoms with van der Waals surface area (Å²) < 4.78 is 46.7. The van der Waals surface area contributed by atoms with Crippen molar-refractivity contribution >= 4 is 40.2 Å². The van der Waals surface area contributed by atoms with Crippen LogP contribution >= 0.6 is 11.6 Å². The Morgan fingerprint density at radius 1 is 1.15 bits per heavy atom. The Balaban J connectivity index is 1.61. The topological polar surface area (TPSA) is 95.1 Å². The zero-order valence-corrected chi connectivity index (χ0v) is 17.9. The lowest BCUT2D eigenvalue weighted by molar-refractivity contribution is -0.137. The Bertz CT molecular complexity index is 1350. The second-order valence-electron chi connectivity index (χ2n) is 7.19. The summed E-state index contributed by atoms with van der Waals surface area (Å²) in [6.45, 7) is 0. The number of carbonyl (C=O) groups is 1. The van der Waals surface area contributed by atoms with E-state index in [1.165, 1.54) is 12.3 Å². The number of anilines is 2. The van der Waals surface area contributed by atoms with Crippen LogP contribution in [0.15, 0.2) is 54.7 Å². The molecule has 0 fully saturated rings. The Morgan fingerprint density at radius 3 is 2.64 bits per heavy atom. The summed E-state index contributed by atoms with van der Waals surface area (Å²) in [4.78, 5) is 19.6. The second kappa shape index (κ2) is 8.62. The fourth-order valence-corrected chi connectivity index (χ4v) is 3.37. The quantitative estimate of drug-likeness (QED) is 0.399. The number of amides is 1. The molecule has 33 heavy (non-hydrogen) atoms. The number of nitrogens with one attached hydrogen (secondary N) is 1. The van der Waals surface area contributed by atoms with E-state index in [9.17, 15) is 18.0 Å². The van der Waals surface area contributed by atoms with Gasteiger partial charge in [0.2, 0.25) is 11.9 Å². The number of aromatic nitrogens is 3. The molecule has 0 bridgehead atoms. The first-order valence-electron chi connectivity index (χ1n) is 9.61. The summed E-state index contributed by atoms with van der Waals surface area (Å²) in [6, 6.07) is 11.4. The molecule has 4 aromatic rings. The highest BCUT2D eigenvalue weighted by Crippen LogP contribution is 2.35. The van der Waals surface area contributed by atoms with Gasteiger partial charge in [-0.15, -0.1) is 0 Å². The van der Waals surface area contributed by atoms with Crippen molar-refractivity contribution in [2.24, 2.45) is 12.8 Å². The maximum absolute atomic E-state index is 13.1. The van der Waals surface area contributed by atoms with Gasteiger partial charge in [-0.3, -0.25) is 9.78 Å². The number of aryl methyl sites for hydroxylation is 1. The Morgan fingerprint density at radius 2 is 1.91 bits per heavy atom. The number of hydrogen-bond acceptors (Lipinski definition) is 5. The number of pyridine rings is 1. The second-order valence-corrected chi connectivity index (χ2v) is 7.60. The standard InChI is InChI=1S/C22H17ClF3N5O2/c1-31-19-5-3-14(33-15-6-7-28-13(9-15)10-20(27)32)11-18(19)30-21(31)29-17-8-12(22(24,25)26)2-4-16(17)23/h2-9,11H,10H2,1H3,(H2,27,32)(H,29,30). The molecule has 0 aliphatic heterocycles. The fraction of sp³-hybridized carbons (Fsp3) is 0.136. The third-order valence-electron chi connectivity index (χ3n) is 4.77. The molecule has 4 rings (SSSR count). The van der Waals surface area contributed by atoms with Crippen LogP contribution < -0.4 is 15.8 Å². The molecule has 3 N–H and O–H groups in total. The number of rotatable bonds is 6. The number of hydrogen-bond donors (Lipinski definition) is 2. The third-order valence-corrected chi connectivity index (χ3v) is 5.10. The summed E-state index contributed by atoms with van der Waals surface area (Å²) in [7, 11) is 1.72. The van der Waals surface area contributed by atoms with Gasteiger partial charge in [-0.1, -0.05) is 11.6 Å². The van der Waals surface area contributed by atoms with Gasteiger partial charge in [0.1, 0.15) is 11.5 Å². The minimum absolute atomic E-state index is 0.0103. The minimum atomic E-state index is -4.50. The van der Waals surface area contributed by atoms with Crippen molar-refractivity contribution in [2.75, 3.05) is 5.32 Å². The zero-order chi connectivity index (χ0) is 23.8. The van der Waals surface area contributed by atoms with Crippen molar-refractivity contribution in [2.45, 2.75) is 12.6 Å². The third kappa shape index (κ3) is 5.01. The van der Waals surface area contributed by atoms with Gasteiger partial charge in [-0.2, -0.15) is 13.2 Å². The molecule has 2 aromatic heterocycles. The van der Waals surface area contributed by atoms with E-state index >= 15 is 0 Å². The SMILES string of the molecule is Cn1c(Nc2cc(C(F)(F)F)ccc2Cl)nc2cc(Oc3ccnc(CC(N)=O)c3)ccc21. The Kier molecular flexibility index (Phi) is 5.86. The van der Waals surface area contributed by atoms with E-state index in [0.29, 0.717) is 28.7 Å². The van der Waals surface area contributed by atoms with Gasteiger partial charge in [0.05, 0.1) is 39.4 Å². The van der Waals surface area contributed by atoms with E-state index in [1.54, 1.807) is 41.9 Å². The highest BCUT2D eigenvalue weighted by molar-refractivity contribution is 6.33. The minimum Gasteiger partial charge on any atom is -0.457 e. The van der Waals surface area contributed by atoms with Gasteiger partial charge in [-0.05, 0) is 36.4 Å². The summed E-state index contributed by atoms with van der Waals surface area (Å²) in [5.74, 6) is 0.734. The van der Waals surface area contributed by atoms with Gasteiger partial charge < -0.3 is 20.4 Å². The van der Waals surface area contributed by atoms with Crippen LogP contribution in [0.1, 0.15) is 11.3 Å². The molecule has 170 valence electrons. The molecule has 0 aliphatic rings. The number of alkyl halides is 3. The van der Waals surface area contributed by atoms with E-state index in [2.05, 4.69) is 15.3 Å². The van der Waals surface area contributed by atoms with Crippen molar-refractivity contribution in [3.05, 3.63) is 71.0 Å². The van der Waals surface area contributed by atoms with Crippen LogP contribution in [0.2, 0.25) is 5.02 Å². The van der Waals surface area contributed by atoms with E-state index in [1.807, 2.05) is 0 Å². The first-order chi connectivity index (χ1) is 15.6. The average molecular weight is 476 g/mol. The van der Waals surface area contributed by atoms with Gasteiger partial charge >= 0.3 is 6.18 Å². The van der Waals surface area contributed by atoms with Crippen LogP contribution in [-0.2, 0) is 24.4 Å². The summed E-state index contributed by atoms with van der Waals surface area (Å²) in [5.41, 5.74) is 6.20. The molecule has 0 saturated heterocycles. The molecule has 0 atom stereocenters. The molecule has 0 saturated carbocycles. The van der Waals surface area contributed by atoms with Crippen LogP contribution in [0, 0.1) is 0 Å². The fourth-order valence-electron chi connectivity index (χ4n) is 3.20. The van der Waals surface area contributed by atoms with Crippen LogP contribution in [-0.4, -0.2) is 20.4 Å². The lowest BCUT2D eigenvalue weighted by atomic mass is 10.2.